The number of hydrogen-bond donors (Lipinski definition) is 1. The zero-order valence-corrected chi connectivity index (χ0v) is 16.8. The van der Waals surface area contributed by atoms with E-state index < -0.39 is 5.60 Å². The van der Waals surface area contributed by atoms with Crippen molar-refractivity contribution in [1.29, 1.82) is 0 Å². The molecule has 1 atom stereocenters. The molecule has 1 amide bonds. The zero-order chi connectivity index (χ0) is 19.1. The number of carbonyl (C=O) groups excluding carboxylic acids is 1. The topological polar surface area (TPSA) is 50.8 Å². The molecule has 5 heteroatoms. The van der Waals surface area contributed by atoms with Crippen molar-refractivity contribution in [2.75, 3.05) is 38.2 Å². The second kappa shape index (κ2) is 9.56. The first-order chi connectivity index (χ1) is 13.1. The number of hydrogen-bond acceptors (Lipinski definition) is 4. The van der Waals surface area contributed by atoms with Crippen LogP contribution in [-0.2, 0) is 9.53 Å². The maximum Gasteiger partial charge on any atom is 0.256 e. The highest BCUT2D eigenvalue weighted by Gasteiger charge is 2.48. The molecule has 1 heterocycles. The summed E-state index contributed by atoms with van der Waals surface area (Å²) in [7, 11) is 0. The molecule has 5 nitrogen and oxygen atoms in total. The maximum absolute atomic E-state index is 12.8. The van der Waals surface area contributed by atoms with E-state index in [9.17, 15) is 4.79 Å². The zero-order valence-electron chi connectivity index (χ0n) is 16.8. The normalized spacial score (nSPS) is 19.6. The van der Waals surface area contributed by atoms with Crippen molar-refractivity contribution in [3.8, 4) is 5.75 Å². The lowest BCUT2D eigenvalue weighted by molar-refractivity contribution is -0.142. The van der Waals surface area contributed by atoms with Gasteiger partial charge in [-0.25, -0.2) is 0 Å². The molecule has 1 aromatic rings. The Balaban J connectivity index is 1.44. The first-order valence-corrected chi connectivity index (χ1v) is 10.5. The van der Waals surface area contributed by atoms with Gasteiger partial charge in [0.15, 0.2) is 0 Å². The Kier molecular flexibility index (Phi) is 7.13. The lowest BCUT2D eigenvalue weighted by Crippen LogP contribution is -2.45. The molecule has 1 aliphatic heterocycles. The van der Waals surface area contributed by atoms with Gasteiger partial charge in [-0.3, -0.25) is 4.79 Å². The van der Waals surface area contributed by atoms with Crippen LogP contribution >= 0.6 is 0 Å². The monoisotopic (exact) mass is 374 g/mol. The lowest BCUT2D eigenvalue weighted by Gasteiger charge is -2.28. The van der Waals surface area contributed by atoms with E-state index in [1.165, 1.54) is 25.9 Å². The van der Waals surface area contributed by atoms with Gasteiger partial charge in [0.05, 0.1) is 6.61 Å². The van der Waals surface area contributed by atoms with Gasteiger partial charge in [-0.1, -0.05) is 6.92 Å². The van der Waals surface area contributed by atoms with Gasteiger partial charge < -0.3 is 19.7 Å². The predicted molar refractivity (Wildman–Crippen MR) is 108 cm³/mol. The Hall–Kier alpha value is -1.59. The molecule has 3 rings (SSSR count). The largest absolute Gasteiger partial charge is 0.494 e. The molecule has 1 N–H and O–H groups in total. The number of carbonyl (C=O) groups is 1. The van der Waals surface area contributed by atoms with Crippen LogP contribution in [0, 0.1) is 5.92 Å². The molecule has 27 heavy (non-hydrogen) atoms. The lowest BCUT2D eigenvalue weighted by atomic mass is 9.98. The molecule has 1 saturated carbocycles. The van der Waals surface area contributed by atoms with E-state index in [0.717, 1.165) is 50.3 Å². The van der Waals surface area contributed by atoms with Crippen molar-refractivity contribution in [2.24, 2.45) is 5.92 Å². The fraction of sp³-hybridized carbons (Fsp3) is 0.682. The van der Waals surface area contributed by atoms with Crippen molar-refractivity contribution >= 4 is 11.6 Å². The summed E-state index contributed by atoms with van der Waals surface area (Å²) >= 11 is 0. The minimum Gasteiger partial charge on any atom is -0.494 e. The third-order valence-electron chi connectivity index (χ3n) is 5.61. The SMILES string of the molecule is CCCOC(C)(C(=O)Nc1ccc(OCCCN2CCCC2)cc1)C1CC1. The van der Waals surface area contributed by atoms with Crippen LogP contribution in [0.4, 0.5) is 5.69 Å². The van der Waals surface area contributed by atoms with Crippen molar-refractivity contribution in [3.05, 3.63) is 24.3 Å². The van der Waals surface area contributed by atoms with Crippen LogP contribution in [0.25, 0.3) is 0 Å². The summed E-state index contributed by atoms with van der Waals surface area (Å²) in [6.45, 7) is 8.91. The predicted octanol–water partition coefficient (Wildman–Crippen LogP) is 4.09. The summed E-state index contributed by atoms with van der Waals surface area (Å²) < 4.78 is 11.8. The molecule has 0 spiro atoms. The highest BCUT2D eigenvalue weighted by molar-refractivity contribution is 5.97. The van der Waals surface area contributed by atoms with E-state index in [2.05, 4.69) is 17.1 Å². The van der Waals surface area contributed by atoms with E-state index in [0.29, 0.717) is 12.5 Å². The van der Waals surface area contributed by atoms with Gasteiger partial charge in [0.25, 0.3) is 5.91 Å². The third-order valence-corrected chi connectivity index (χ3v) is 5.61. The van der Waals surface area contributed by atoms with Gasteiger partial charge in [0.1, 0.15) is 11.4 Å². The molecular weight excluding hydrogens is 340 g/mol. The second-order valence-electron chi connectivity index (χ2n) is 7.96. The van der Waals surface area contributed by atoms with E-state index >= 15 is 0 Å². The first-order valence-electron chi connectivity index (χ1n) is 10.5. The molecule has 1 aromatic carbocycles. The smallest absolute Gasteiger partial charge is 0.256 e. The Labute approximate surface area is 163 Å². The molecular formula is C22H34N2O3. The summed E-state index contributed by atoms with van der Waals surface area (Å²) in [5.74, 6) is 1.14. The number of rotatable bonds is 11. The van der Waals surface area contributed by atoms with Crippen LogP contribution in [0.3, 0.4) is 0 Å². The molecule has 1 unspecified atom stereocenters. The average molecular weight is 375 g/mol. The standard InChI is InChI=1S/C22H34N2O3/c1-3-16-27-22(2,18-7-8-18)21(25)23-19-9-11-20(12-10-19)26-17-6-15-24-13-4-5-14-24/h9-12,18H,3-8,13-17H2,1-2H3,(H,23,25). The number of nitrogens with one attached hydrogen (secondary N) is 1. The number of ether oxygens (including phenoxy) is 2. The van der Waals surface area contributed by atoms with Crippen molar-refractivity contribution in [2.45, 2.75) is 58.0 Å². The van der Waals surface area contributed by atoms with Crippen LogP contribution in [-0.4, -0.2) is 49.3 Å². The maximum atomic E-state index is 12.8. The number of benzene rings is 1. The quantitative estimate of drug-likeness (QED) is 0.593. The molecule has 2 fully saturated rings. The Morgan fingerprint density at radius 2 is 1.89 bits per heavy atom. The Morgan fingerprint density at radius 3 is 2.52 bits per heavy atom. The molecule has 1 aliphatic carbocycles. The third kappa shape index (κ3) is 5.69. The van der Waals surface area contributed by atoms with E-state index in [4.69, 9.17) is 9.47 Å². The van der Waals surface area contributed by atoms with Crippen molar-refractivity contribution < 1.29 is 14.3 Å². The van der Waals surface area contributed by atoms with E-state index in [1.807, 2.05) is 31.2 Å². The summed E-state index contributed by atoms with van der Waals surface area (Å²) in [6, 6.07) is 7.65. The number of nitrogens with zero attached hydrogens (tertiary/aromatic N) is 1. The molecule has 2 aliphatic rings. The average Bonchev–Trinajstić information content (AvgIpc) is 3.42. The molecule has 1 saturated heterocycles. The van der Waals surface area contributed by atoms with Gasteiger partial charge in [0, 0.05) is 18.8 Å². The molecule has 150 valence electrons. The summed E-state index contributed by atoms with van der Waals surface area (Å²) in [5, 5.41) is 3.02. The minimum absolute atomic E-state index is 0.0438. The fourth-order valence-electron chi connectivity index (χ4n) is 3.69. The van der Waals surface area contributed by atoms with Gasteiger partial charge >= 0.3 is 0 Å². The van der Waals surface area contributed by atoms with Crippen LogP contribution in [0.15, 0.2) is 24.3 Å². The highest BCUT2D eigenvalue weighted by atomic mass is 16.5. The number of amides is 1. The van der Waals surface area contributed by atoms with Gasteiger partial charge in [-0.15, -0.1) is 0 Å². The van der Waals surface area contributed by atoms with Crippen LogP contribution in [0.2, 0.25) is 0 Å². The summed E-state index contributed by atoms with van der Waals surface area (Å²) in [6.07, 6.45) is 6.76. The Morgan fingerprint density at radius 1 is 1.19 bits per heavy atom. The molecule has 0 radical (unpaired) electrons. The van der Waals surface area contributed by atoms with Crippen molar-refractivity contribution in [1.82, 2.24) is 4.90 Å². The fourth-order valence-corrected chi connectivity index (χ4v) is 3.69. The van der Waals surface area contributed by atoms with E-state index in [1.54, 1.807) is 0 Å². The Bertz CT molecular complexity index is 594. The first kappa shape index (κ1) is 20.2. The van der Waals surface area contributed by atoms with Gasteiger partial charge in [-0.05, 0) is 88.7 Å². The number of likely N-dealkylation sites (tertiary alicyclic amines) is 1. The second-order valence-corrected chi connectivity index (χ2v) is 7.96. The van der Waals surface area contributed by atoms with Crippen molar-refractivity contribution in [3.63, 3.8) is 0 Å². The van der Waals surface area contributed by atoms with Crippen LogP contribution in [0.5, 0.6) is 5.75 Å². The summed E-state index contributed by atoms with van der Waals surface area (Å²) in [5.41, 5.74) is 0.0668. The van der Waals surface area contributed by atoms with Gasteiger partial charge in [-0.2, -0.15) is 0 Å². The summed E-state index contributed by atoms with van der Waals surface area (Å²) in [4.78, 5) is 15.3. The number of anilines is 1. The van der Waals surface area contributed by atoms with Crippen LogP contribution < -0.4 is 10.1 Å². The minimum atomic E-state index is -0.721. The van der Waals surface area contributed by atoms with Gasteiger partial charge in [0.2, 0.25) is 0 Å². The van der Waals surface area contributed by atoms with E-state index in [-0.39, 0.29) is 5.91 Å². The molecule has 0 bridgehead atoms. The molecule has 0 aromatic heterocycles. The highest BCUT2D eigenvalue weighted by Crippen LogP contribution is 2.42. The van der Waals surface area contributed by atoms with Crippen LogP contribution in [0.1, 0.15) is 52.4 Å².